The minimum atomic E-state index is -0.296. The summed E-state index contributed by atoms with van der Waals surface area (Å²) < 4.78 is 18.5. The Kier molecular flexibility index (Phi) is 3.98. The fraction of sp³-hybridized carbons (Fsp3) is 0.467. The third-order valence-electron chi connectivity index (χ3n) is 4.08. The van der Waals surface area contributed by atoms with E-state index in [0.29, 0.717) is 29.8 Å². The van der Waals surface area contributed by atoms with Gasteiger partial charge in [0.1, 0.15) is 5.82 Å². The number of aliphatic hydroxyl groups excluding tert-OH is 1. The zero-order valence-electron chi connectivity index (χ0n) is 11.9. The van der Waals surface area contributed by atoms with Gasteiger partial charge in [-0.3, -0.25) is 4.90 Å². The van der Waals surface area contributed by atoms with Crippen LogP contribution in [0.3, 0.4) is 0 Å². The predicted molar refractivity (Wildman–Crippen MR) is 74.8 cm³/mol. The third-order valence-corrected chi connectivity index (χ3v) is 4.08. The molecule has 3 rings (SSSR count). The molecule has 2 atom stereocenters. The topological polar surface area (TPSA) is 62.4 Å². The Morgan fingerprint density at radius 2 is 2.10 bits per heavy atom. The van der Waals surface area contributed by atoms with Crippen LogP contribution in [0.2, 0.25) is 0 Å². The van der Waals surface area contributed by atoms with Crippen LogP contribution in [0.1, 0.15) is 19.2 Å². The first-order valence-corrected chi connectivity index (χ1v) is 7.10. The molecule has 0 bridgehead atoms. The Labute approximate surface area is 122 Å². The standard InChI is InChI=1S/C15H18FN3O2/c1-10-6-7-19(13(10)9-20)8-14-17-18-15(21-14)11-2-4-12(16)5-3-11/h2-5,10,13,20H,6-9H2,1H3. The maximum Gasteiger partial charge on any atom is 0.247 e. The maximum atomic E-state index is 12.9. The molecule has 1 aliphatic heterocycles. The number of aromatic nitrogens is 2. The minimum Gasteiger partial charge on any atom is -0.419 e. The molecule has 5 nitrogen and oxygen atoms in total. The van der Waals surface area contributed by atoms with Crippen molar-refractivity contribution in [3.05, 3.63) is 36.0 Å². The van der Waals surface area contributed by atoms with E-state index in [4.69, 9.17) is 4.42 Å². The molecule has 2 unspecified atom stereocenters. The van der Waals surface area contributed by atoms with Crippen LogP contribution in [0.5, 0.6) is 0 Å². The van der Waals surface area contributed by atoms with Crippen molar-refractivity contribution in [3.63, 3.8) is 0 Å². The Morgan fingerprint density at radius 3 is 2.81 bits per heavy atom. The molecule has 21 heavy (non-hydrogen) atoms. The van der Waals surface area contributed by atoms with Gasteiger partial charge in [0.25, 0.3) is 0 Å². The van der Waals surface area contributed by atoms with Crippen molar-refractivity contribution < 1.29 is 13.9 Å². The van der Waals surface area contributed by atoms with Crippen LogP contribution in [-0.2, 0) is 6.54 Å². The van der Waals surface area contributed by atoms with Crippen LogP contribution in [0.4, 0.5) is 4.39 Å². The molecule has 1 N–H and O–H groups in total. The second-order valence-corrected chi connectivity index (χ2v) is 5.49. The lowest BCUT2D eigenvalue weighted by atomic mass is 10.0. The lowest BCUT2D eigenvalue weighted by Crippen LogP contribution is -2.34. The minimum absolute atomic E-state index is 0.139. The van der Waals surface area contributed by atoms with Crippen molar-refractivity contribution in [2.75, 3.05) is 13.2 Å². The lowest BCUT2D eigenvalue weighted by Gasteiger charge is -2.23. The van der Waals surface area contributed by atoms with Crippen LogP contribution >= 0.6 is 0 Å². The smallest absolute Gasteiger partial charge is 0.247 e. The lowest BCUT2D eigenvalue weighted by molar-refractivity contribution is 0.126. The van der Waals surface area contributed by atoms with Gasteiger partial charge in [0.05, 0.1) is 13.2 Å². The summed E-state index contributed by atoms with van der Waals surface area (Å²) in [7, 11) is 0. The number of nitrogens with zero attached hydrogens (tertiary/aromatic N) is 3. The molecule has 112 valence electrons. The van der Waals surface area contributed by atoms with E-state index in [2.05, 4.69) is 22.0 Å². The summed E-state index contributed by atoms with van der Waals surface area (Å²) in [5.41, 5.74) is 0.698. The first-order valence-electron chi connectivity index (χ1n) is 7.10. The van der Waals surface area contributed by atoms with Gasteiger partial charge in [0.2, 0.25) is 11.8 Å². The summed E-state index contributed by atoms with van der Waals surface area (Å²) in [6.45, 7) is 3.73. The van der Waals surface area contributed by atoms with Crippen molar-refractivity contribution in [1.82, 2.24) is 15.1 Å². The summed E-state index contributed by atoms with van der Waals surface area (Å²) in [5.74, 6) is 1.07. The molecule has 6 heteroatoms. The highest BCUT2D eigenvalue weighted by Gasteiger charge is 2.31. The molecule has 1 fully saturated rings. The van der Waals surface area contributed by atoms with Gasteiger partial charge in [-0.05, 0) is 43.1 Å². The normalized spacial score (nSPS) is 22.8. The van der Waals surface area contributed by atoms with Crippen molar-refractivity contribution in [1.29, 1.82) is 0 Å². The maximum absolute atomic E-state index is 12.9. The highest BCUT2D eigenvalue weighted by atomic mass is 19.1. The average Bonchev–Trinajstić information content (AvgIpc) is 3.07. The van der Waals surface area contributed by atoms with Crippen LogP contribution in [0.25, 0.3) is 11.5 Å². The fourth-order valence-corrected chi connectivity index (χ4v) is 2.78. The van der Waals surface area contributed by atoms with Gasteiger partial charge in [-0.15, -0.1) is 10.2 Å². The molecular weight excluding hydrogens is 273 g/mol. The predicted octanol–water partition coefficient (Wildman–Crippen LogP) is 2.08. The van der Waals surface area contributed by atoms with E-state index in [-0.39, 0.29) is 18.5 Å². The van der Waals surface area contributed by atoms with E-state index in [1.807, 2.05) is 0 Å². The molecule has 0 spiro atoms. The number of likely N-dealkylation sites (tertiary alicyclic amines) is 1. The molecule has 2 heterocycles. The number of halogens is 1. The third kappa shape index (κ3) is 2.96. The van der Waals surface area contributed by atoms with Crippen molar-refractivity contribution in [2.45, 2.75) is 25.9 Å². The quantitative estimate of drug-likeness (QED) is 0.934. The molecule has 1 aliphatic rings. The van der Waals surface area contributed by atoms with E-state index in [0.717, 1.165) is 13.0 Å². The zero-order valence-corrected chi connectivity index (χ0v) is 11.9. The Balaban J connectivity index is 1.72. The molecular formula is C15H18FN3O2. The van der Waals surface area contributed by atoms with E-state index in [1.54, 1.807) is 12.1 Å². The summed E-state index contributed by atoms with van der Waals surface area (Å²) in [6.07, 6.45) is 1.06. The Bertz CT molecular complexity index is 599. The van der Waals surface area contributed by atoms with E-state index < -0.39 is 0 Å². The van der Waals surface area contributed by atoms with Crippen molar-refractivity contribution in [2.24, 2.45) is 5.92 Å². The molecule has 0 aliphatic carbocycles. The van der Waals surface area contributed by atoms with Crippen LogP contribution in [-0.4, -0.2) is 39.4 Å². The molecule has 0 saturated carbocycles. The second-order valence-electron chi connectivity index (χ2n) is 5.49. The molecule has 1 aromatic carbocycles. The van der Waals surface area contributed by atoms with Crippen LogP contribution in [0, 0.1) is 11.7 Å². The van der Waals surface area contributed by atoms with Gasteiger partial charge in [-0.25, -0.2) is 4.39 Å². The molecule has 1 saturated heterocycles. The Morgan fingerprint density at radius 1 is 1.33 bits per heavy atom. The number of aliphatic hydroxyl groups is 1. The molecule has 1 aromatic heterocycles. The number of hydrogen-bond acceptors (Lipinski definition) is 5. The summed E-state index contributed by atoms with van der Waals surface area (Å²) in [4.78, 5) is 2.16. The van der Waals surface area contributed by atoms with Gasteiger partial charge in [-0.2, -0.15) is 0 Å². The van der Waals surface area contributed by atoms with Crippen LogP contribution in [0.15, 0.2) is 28.7 Å². The van der Waals surface area contributed by atoms with Crippen molar-refractivity contribution >= 4 is 0 Å². The molecule has 0 radical (unpaired) electrons. The average molecular weight is 291 g/mol. The first kappa shape index (κ1) is 14.2. The van der Waals surface area contributed by atoms with Gasteiger partial charge in [0, 0.05) is 11.6 Å². The van der Waals surface area contributed by atoms with E-state index in [1.165, 1.54) is 12.1 Å². The zero-order chi connectivity index (χ0) is 14.8. The summed E-state index contributed by atoms with van der Waals surface area (Å²) >= 11 is 0. The monoisotopic (exact) mass is 291 g/mol. The van der Waals surface area contributed by atoms with Gasteiger partial charge < -0.3 is 9.52 Å². The van der Waals surface area contributed by atoms with Gasteiger partial charge >= 0.3 is 0 Å². The Hall–Kier alpha value is -1.79. The summed E-state index contributed by atoms with van der Waals surface area (Å²) in [5, 5.41) is 17.5. The largest absolute Gasteiger partial charge is 0.419 e. The molecule has 0 amide bonds. The number of rotatable bonds is 4. The first-order chi connectivity index (χ1) is 10.2. The van der Waals surface area contributed by atoms with Crippen molar-refractivity contribution in [3.8, 4) is 11.5 Å². The van der Waals surface area contributed by atoms with Crippen LogP contribution < -0.4 is 0 Å². The number of hydrogen-bond donors (Lipinski definition) is 1. The van der Waals surface area contributed by atoms with Gasteiger partial charge in [0.15, 0.2) is 0 Å². The SMILES string of the molecule is CC1CCN(Cc2nnc(-c3ccc(F)cc3)o2)C1CO. The molecule has 2 aromatic rings. The number of benzene rings is 1. The highest BCUT2D eigenvalue weighted by Crippen LogP contribution is 2.26. The van der Waals surface area contributed by atoms with E-state index >= 15 is 0 Å². The van der Waals surface area contributed by atoms with E-state index in [9.17, 15) is 9.50 Å². The highest BCUT2D eigenvalue weighted by molar-refractivity contribution is 5.51. The summed E-state index contributed by atoms with van der Waals surface area (Å²) in [6, 6.07) is 6.10. The fourth-order valence-electron chi connectivity index (χ4n) is 2.78. The van der Waals surface area contributed by atoms with Gasteiger partial charge in [-0.1, -0.05) is 6.92 Å². The second kappa shape index (κ2) is 5.91.